The number of hydrogen-bond donors (Lipinski definition) is 3. The van der Waals surface area contributed by atoms with Crippen molar-refractivity contribution < 1.29 is 9.90 Å². The van der Waals surface area contributed by atoms with Crippen molar-refractivity contribution in [1.29, 1.82) is 0 Å². The van der Waals surface area contributed by atoms with Crippen LogP contribution in [0.2, 0.25) is 0 Å². The number of nitrogens with one attached hydrogen (secondary N) is 2. The summed E-state index contributed by atoms with van der Waals surface area (Å²) in [5, 5.41) is 14.7. The minimum atomic E-state index is -0.626. The highest BCUT2D eigenvalue weighted by molar-refractivity contribution is 5.91. The van der Waals surface area contributed by atoms with Gasteiger partial charge in [0.25, 0.3) is 0 Å². The first-order valence-electron chi connectivity index (χ1n) is 6.18. The van der Waals surface area contributed by atoms with Crippen molar-refractivity contribution in [2.45, 2.75) is 39.7 Å². The minimum Gasteiger partial charge on any atom is -0.394 e. The third-order valence-electron chi connectivity index (χ3n) is 2.83. The number of carbonyl (C=O) groups is 1. The standard InChI is InChI=1S/C14H22N2O2/c1-5-11-8-6-7-10(2)12(11)15-13(18)16-14(3,4)9-17/h6-8,17H,5,9H2,1-4H3,(H2,15,16,18). The molecule has 1 aromatic carbocycles. The summed E-state index contributed by atoms with van der Waals surface area (Å²) in [7, 11) is 0. The second-order valence-corrected chi connectivity index (χ2v) is 5.08. The lowest BCUT2D eigenvalue weighted by molar-refractivity contribution is 0.187. The van der Waals surface area contributed by atoms with Crippen molar-refractivity contribution in [2.24, 2.45) is 0 Å². The maximum absolute atomic E-state index is 11.9. The van der Waals surface area contributed by atoms with E-state index < -0.39 is 5.54 Å². The van der Waals surface area contributed by atoms with E-state index in [1.54, 1.807) is 13.8 Å². The Bertz CT molecular complexity index is 428. The van der Waals surface area contributed by atoms with Crippen molar-refractivity contribution in [3.63, 3.8) is 0 Å². The normalized spacial score (nSPS) is 11.2. The number of hydrogen-bond acceptors (Lipinski definition) is 2. The Hall–Kier alpha value is -1.55. The van der Waals surface area contributed by atoms with E-state index in [2.05, 4.69) is 17.6 Å². The number of benzene rings is 1. The molecular formula is C14H22N2O2. The molecular weight excluding hydrogens is 228 g/mol. The van der Waals surface area contributed by atoms with Crippen LogP contribution >= 0.6 is 0 Å². The molecule has 1 aromatic rings. The summed E-state index contributed by atoms with van der Waals surface area (Å²) < 4.78 is 0. The van der Waals surface area contributed by atoms with Gasteiger partial charge in [-0.3, -0.25) is 0 Å². The summed E-state index contributed by atoms with van der Waals surface area (Å²) >= 11 is 0. The Morgan fingerprint density at radius 1 is 1.39 bits per heavy atom. The van der Waals surface area contributed by atoms with Crippen molar-refractivity contribution >= 4 is 11.7 Å². The number of amides is 2. The summed E-state index contributed by atoms with van der Waals surface area (Å²) in [5.41, 5.74) is 2.36. The van der Waals surface area contributed by atoms with Gasteiger partial charge in [0.1, 0.15) is 0 Å². The highest BCUT2D eigenvalue weighted by Crippen LogP contribution is 2.21. The van der Waals surface area contributed by atoms with Gasteiger partial charge in [0.2, 0.25) is 0 Å². The lowest BCUT2D eigenvalue weighted by Crippen LogP contribution is -2.48. The van der Waals surface area contributed by atoms with E-state index in [1.165, 1.54) is 0 Å². The molecule has 0 bridgehead atoms. The lowest BCUT2D eigenvalue weighted by Gasteiger charge is -2.24. The van der Waals surface area contributed by atoms with Crippen LogP contribution in [0.4, 0.5) is 10.5 Å². The molecule has 0 unspecified atom stereocenters. The average Bonchev–Trinajstić information content (AvgIpc) is 2.31. The van der Waals surface area contributed by atoms with Gasteiger partial charge in [0.15, 0.2) is 0 Å². The summed E-state index contributed by atoms with van der Waals surface area (Å²) in [5.74, 6) is 0. The smallest absolute Gasteiger partial charge is 0.319 e. The maximum atomic E-state index is 11.9. The van der Waals surface area contributed by atoms with E-state index in [4.69, 9.17) is 5.11 Å². The predicted octanol–water partition coefficient (Wildman–Crippen LogP) is 2.45. The minimum absolute atomic E-state index is 0.102. The number of urea groups is 1. The molecule has 0 aliphatic heterocycles. The fourth-order valence-electron chi connectivity index (χ4n) is 1.69. The van der Waals surface area contributed by atoms with Crippen LogP contribution in [0.5, 0.6) is 0 Å². The van der Waals surface area contributed by atoms with Gasteiger partial charge >= 0.3 is 6.03 Å². The largest absolute Gasteiger partial charge is 0.394 e. The SMILES string of the molecule is CCc1cccc(C)c1NC(=O)NC(C)(C)CO. The Morgan fingerprint density at radius 2 is 2.06 bits per heavy atom. The fourth-order valence-corrected chi connectivity index (χ4v) is 1.69. The zero-order valence-electron chi connectivity index (χ0n) is 11.5. The third kappa shape index (κ3) is 3.74. The molecule has 0 saturated heterocycles. The highest BCUT2D eigenvalue weighted by Gasteiger charge is 2.19. The summed E-state index contributed by atoms with van der Waals surface area (Å²) in [6, 6.07) is 5.65. The number of aryl methyl sites for hydroxylation is 2. The summed E-state index contributed by atoms with van der Waals surface area (Å²) in [6.07, 6.45) is 0.862. The molecule has 0 saturated carbocycles. The average molecular weight is 250 g/mol. The monoisotopic (exact) mass is 250 g/mol. The van der Waals surface area contributed by atoms with Crippen LogP contribution in [0.3, 0.4) is 0 Å². The van der Waals surface area contributed by atoms with E-state index in [0.717, 1.165) is 23.2 Å². The van der Waals surface area contributed by atoms with Crippen LogP contribution < -0.4 is 10.6 Å². The molecule has 1 rings (SSSR count). The molecule has 0 aliphatic rings. The molecule has 0 heterocycles. The Morgan fingerprint density at radius 3 is 2.61 bits per heavy atom. The van der Waals surface area contributed by atoms with Crippen LogP contribution in [0.25, 0.3) is 0 Å². The first kappa shape index (κ1) is 14.5. The maximum Gasteiger partial charge on any atom is 0.319 e. The van der Waals surface area contributed by atoms with E-state index >= 15 is 0 Å². The number of rotatable bonds is 4. The number of anilines is 1. The van der Waals surface area contributed by atoms with Crippen LogP contribution in [0.15, 0.2) is 18.2 Å². The van der Waals surface area contributed by atoms with E-state index in [9.17, 15) is 4.79 Å². The molecule has 4 heteroatoms. The van der Waals surface area contributed by atoms with Crippen molar-refractivity contribution in [1.82, 2.24) is 5.32 Å². The summed E-state index contributed by atoms with van der Waals surface area (Å²) in [4.78, 5) is 11.9. The molecule has 0 aromatic heterocycles. The van der Waals surface area contributed by atoms with Crippen LogP contribution in [0, 0.1) is 6.92 Å². The zero-order valence-corrected chi connectivity index (χ0v) is 11.5. The van der Waals surface area contributed by atoms with Gasteiger partial charge < -0.3 is 15.7 Å². The van der Waals surface area contributed by atoms with Gasteiger partial charge in [0.05, 0.1) is 12.1 Å². The van der Waals surface area contributed by atoms with Crippen molar-refractivity contribution in [3.8, 4) is 0 Å². The second-order valence-electron chi connectivity index (χ2n) is 5.08. The number of aliphatic hydroxyl groups excluding tert-OH is 1. The van der Waals surface area contributed by atoms with E-state index in [0.29, 0.717) is 0 Å². The molecule has 0 aliphatic carbocycles. The van der Waals surface area contributed by atoms with E-state index in [-0.39, 0.29) is 12.6 Å². The highest BCUT2D eigenvalue weighted by atomic mass is 16.3. The fraction of sp³-hybridized carbons (Fsp3) is 0.500. The number of aliphatic hydroxyl groups is 1. The van der Waals surface area contributed by atoms with Gasteiger partial charge in [-0.15, -0.1) is 0 Å². The van der Waals surface area contributed by atoms with Gasteiger partial charge in [-0.1, -0.05) is 25.1 Å². The quantitative estimate of drug-likeness (QED) is 0.768. The van der Waals surface area contributed by atoms with E-state index in [1.807, 2.05) is 25.1 Å². The molecule has 3 N–H and O–H groups in total. The van der Waals surface area contributed by atoms with Crippen molar-refractivity contribution in [2.75, 3.05) is 11.9 Å². The van der Waals surface area contributed by atoms with Crippen LogP contribution in [-0.4, -0.2) is 23.3 Å². The third-order valence-corrected chi connectivity index (χ3v) is 2.83. The molecule has 0 fully saturated rings. The molecule has 0 radical (unpaired) electrons. The molecule has 0 atom stereocenters. The van der Waals surface area contributed by atoms with Gasteiger partial charge in [0, 0.05) is 5.69 Å². The van der Waals surface area contributed by atoms with Crippen LogP contribution in [-0.2, 0) is 6.42 Å². The molecule has 4 nitrogen and oxygen atoms in total. The lowest BCUT2D eigenvalue weighted by atomic mass is 10.1. The summed E-state index contributed by atoms with van der Waals surface area (Å²) in [6.45, 7) is 7.45. The zero-order chi connectivity index (χ0) is 13.8. The Balaban J connectivity index is 2.82. The number of para-hydroxylation sites is 1. The number of carbonyl (C=O) groups excluding carboxylic acids is 1. The molecule has 2 amide bonds. The topological polar surface area (TPSA) is 61.4 Å². The first-order chi connectivity index (χ1) is 8.39. The second kappa shape index (κ2) is 5.87. The molecule has 18 heavy (non-hydrogen) atoms. The first-order valence-corrected chi connectivity index (χ1v) is 6.18. The van der Waals surface area contributed by atoms with Gasteiger partial charge in [-0.25, -0.2) is 4.79 Å². The Labute approximate surface area is 108 Å². The van der Waals surface area contributed by atoms with Gasteiger partial charge in [-0.2, -0.15) is 0 Å². The van der Waals surface area contributed by atoms with Crippen LogP contribution in [0.1, 0.15) is 31.9 Å². The molecule has 100 valence electrons. The predicted molar refractivity (Wildman–Crippen MR) is 73.9 cm³/mol. The van der Waals surface area contributed by atoms with Crippen molar-refractivity contribution in [3.05, 3.63) is 29.3 Å². The Kier molecular flexibility index (Phi) is 4.73. The molecule has 0 spiro atoms. The van der Waals surface area contributed by atoms with Gasteiger partial charge in [-0.05, 0) is 38.3 Å².